The minimum Gasteiger partial charge on any atom is -0.369 e. The molecule has 1 aliphatic rings. The second-order valence-electron chi connectivity index (χ2n) is 4.48. The van der Waals surface area contributed by atoms with E-state index in [0.717, 1.165) is 12.8 Å². The van der Waals surface area contributed by atoms with Gasteiger partial charge in [0.2, 0.25) is 0 Å². The standard InChI is InChI=1S/C13H15ClFNO/c1-16(10-3-5-11(17)6-4-10)13-8-9(14)2-7-12(13)15/h2,7-8,10H,3-6H2,1H3. The van der Waals surface area contributed by atoms with Gasteiger partial charge in [-0.3, -0.25) is 4.79 Å². The molecular weight excluding hydrogens is 241 g/mol. The maximum atomic E-state index is 13.7. The predicted octanol–water partition coefficient (Wildman–Crippen LogP) is 3.43. The summed E-state index contributed by atoms with van der Waals surface area (Å²) in [6.45, 7) is 0. The van der Waals surface area contributed by atoms with Crippen LogP contribution >= 0.6 is 11.6 Å². The van der Waals surface area contributed by atoms with Gasteiger partial charge in [-0.25, -0.2) is 4.39 Å². The molecule has 92 valence electrons. The molecule has 1 aliphatic carbocycles. The van der Waals surface area contributed by atoms with Crippen LogP contribution in [0.1, 0.15) is 25.7 Å². The Bertz CT molecular complexity index is 425. The van der Waals surface area contributed by atoms with Gasteiger partial charge in [0.15, 0.2) is 0 Å². The molecule has 1 aromatic rings. The quantitative estimate of drug-likeness (QED) is 0.807. The van der Waals surface area contributed by atoms with Gasteiger partial charge in [-0.05, 0) is 31.0 Å². The molecule has 0 aromatic heterocycles. The second kappa shape index (κ2) is 5.05. The first-order valence-corrected chi connectivity index (χ1v) is 6.15. The molecule has 0 heterocycles. The Hall–Kier alpha value is -1.09. The van der Waals surface area contributed by atoms with Crippen molar-refractivity contribution < 1.29 is 9.18 Å². The molecule has 2 nitrogen and oxygen atoms in total. The molecule has 0 amide bonds. The van der Waals surface area contributed by atoms with Crippen LogP contribution in [0.2, 0.25) is 5.02 Å². The normalized spacial score (nSPS) is 17.2. The molecule has 0 atom stereocenters. The molecule has 17 heavy (non-hydrogen) atoms. The maximum Gasteiger partial charge on any atom is 0.146 e. The van der Waals surface area contributed by atoms with Crippen molar-refractivity contribution in [1.82, 2.24) is 0 Å². The van der Waals surface area contributed by atoms with Crippen molar-refractivity contribution in [3.63, 3.8) is 0 Å². The fourth-order valence-electron chi connectivity index (χ4n) is 2.26. The van der Waals surface area contributed by atoms with Gasteiger partial charge in [-0.1, -0.05) is 11.6 Å². The fraction of sp³-hybridized carbons (Fsp3) is 0.462. The Morgan fingerprint density at radius 1 is 1.35 bits per heavy atom. The van der Waals surface area contributed by atoms with E-state index >= 15 is 0 Å². The molecule has 0 unspecified atom stereocenters. The van der Waals surface area contributed by atoms with Crippen molar-refractivity contribution in [3.8, 4) is 0 Å². The van der Waals surface area contributed by atoms with Crippen LogP contribution < -0.4 is 4.90 Å². The monoisotopic (exact) mass is 255 g/mol. The maximum absolute atomic E-state index is 13.7. The molecule has 1 aromatic carbocycles. The van der Waals surface area contributed by atoms with E-state index < -0.39 is 0 Å². The summed E-state index contributed by atoms with van der Waals surface area (Å²) in [6, 6.07) is 4.77. The first-order valence-electron chi connectivity index (χ1n) is 5.77. The van der Waals surface area contributed by atoms with Gasteiger partial charge in [0.05, 0.1) is 5.69 Å². The molecule has 0 radical (unpaired) electrons. The van der Waals surface area contributed by atoms with E-state index in [0.29, 0.717) is 29.3 Å². The van der Waals surface area contributed by atoms with Crippen LogP contribution in [-0.4, -0.2) is 18.9 Å². The van der Waals surface area contributed by atoms with Crippen LogP contribution in [0.5, 0.6) is 0 Å². The lowest BCUT2D eigenvalue weighted by Crippen LogP contribution is -2.35. The van der Waals surface area contributed by atoms with Crippen LogP contribution in [0.4, 0.5) is 10.1 Å². The number of halogens is 2. The highest BCUT2D eigenvalue weighted by Crippen LogP contribution is 2.28. The number of benzene rings is 1. The zero-order valence-electron chi connectivity index (χ0n) is 9.75. The van der Waals surface area contributed by atoms with Gasteiger partial charge in [0, 0.05) is 31.0 Å². The number of rotatable bonds is 2. The Balaban J connectivity index is 2.16. The van der Waals surface area contributed by atoms with Crippen molar-refractivity contribution in [3.05, 3.63) is 29.0 Å². The van der Waals surface area contributed by atoms with E-state index in [1.165, 1.54) is 6.07 Å². The van der Waals surface area contributed by atoms with Crippen molar-refractivity contribution >= 4 is 23.1 Å². The smallest absolute Gasteiger partial charge is 0.146 e. The van der Waals surface area contributed by atoms with Crippen LogP contribution in [0.3, 0.4) is 0 Å². The summed E-state index contributed by atoms with van der Waals surface area (Å²) < 4.78 is 13.7. The molecule has 2 rings (SSSR count). The fourth-order valence-corrected chi connectivity index (χ4v) is 2.43. The van der Waals surface area contributed by atoms with Crippen molar-refractivity contribution in [2.45, 2.75) is 31.7 Å². The summed E-state index contributed by atoms with van der Waals surface area (Å²) in [5.74, 6) is 0.0371. The van der Waals surface area contributed by atoms with Gasteiger partial charge in [0.1, 0.15) is 11.6 Å². The zero-order valence-corrected chi connectivity index (χ0v) is 10.5. The minimum atomic E-state index is -0.270. The largest absolute Gasteiger partial charge is 0.369 e. The summed E-state index contributed by atoms with van der Waals surface area (Å²) in [7, 11) is 1.86. The molecular formula is C13H15ClFNO. The summed E-state index contributed by atoms with van der Waals surface area (Å²) in [4.78, 5) is 13.1. The average Bonchev–Trinajstić information content (AvgIpc) is 2.32. The highest BCUT2D eigenvalue weighted by atomic mass is 35.5. The van der Waals surface area contributed by atoms with E-state index in [2.05, 4.69) is 0 Å². The number of carbonyl (C=O) groups excluding carboxylic acids is 1. The van der Waals surface area contributed by atoms with Gasteiger partial charge in [0.25, 0.3) is 0 Å². The summed E-state index contributed by atoms with van der Waals surface area (Å²) in [5, 5.41) is 0.528. The van der Waals surface area contributed by atoms with E-state index in [1.807, 2.05) is 11.9 Å². The van der Waals surface area contributed by atoms with E-state index in [9.17, 15) is 9.18 Å². The molecule has 0 N–H and O–H groups in total. The number of nitrogens with zero attached hydrogens (tertiary/aromatic N) is 1. The van der Waals surface area contributed by atoms with Crippen molar-refractivity contribution in [2.24, 2.45) is 0 Å². The Labute approximate surface area is 105 Å². The molecule has 0 saturated heterocycles. The average molecular weight is 256 g/mol. The van der Waals surface area contributed by atoms with Crippen molar-refractivity contribution in [1.29, 1.82) is 0 Å². The first kappa shape index (κ1) is 12.4. The third kappa shape index (κ3) is 2.78. The van der Waals surface area contributed by atoms with Crippen LogP contribution in [0.25, 0.3) is 0 Å². The van der Waals surface area contributed by atoms with Crippen LogP contribution in [0.15, 0.2) is 18.2 Å². The van der Waals surface area contributed by atoms with E-state index in [-0.39, 0.29) is 11.9 Å². The number of Topliss-reactive ketones (excluding diaryl/α,β-unsaturated/α-hetero) is 1. The lowest BCUT2D eigenvalue weighted by Gasteiger charge is -2.32. The SMILES string of the molecule is CN(c1cc(Cl)ccc1F)C1CCC(=O)CC1. The highest BCUT2D eigenvalue weighted by molar-refractivity contribution is 6.30. The molecule has 1 fully saturated rings. The third-order valence-electron chi connectivity index (χ3n) is 3.35. The van der Waals surface area contributed by atoms with Gasteiger partial charge in [-0.2, -0.15) is 0 Å². The van der Waals surface area contributed by atoms with E-state index in [1.54, 1.807) is 12.1 Å². The first-order chi connectivity index (χ1) is 8.08. The van der Waals surface area contributed by atoms with Crippen molar-refractivity contribution in [2.75, 3.05) is 11.9 Å². The number of hydrogen-bond acceptors (Lipinski definition) is 2. The third-order valence-corrected chi connectivity index (χ3v) is 3.58. The number of hydrogen-bond donors (Lipinski definition) is 0. The summed E-state index contributed by atoms with van der Waals surface area (Å²) in [5.41, 5.74) is 0.511. The van der Waals surface area contributed by atoms with E-state index in [4.69, 9.17) is 11.6 Å². The number of carbonyl (C=O) groups is 1. The molecule has 0 spiro atoms. The lowest BCUT2D eigenvalue weighted by atomic mass is 9.93. The Kier molecular flexibility index (Phi) is 3.67. The number of ketones is 1. The van der Waals surface area contributed by atoms with Gasteiger partial charge >= 0.3 is 0 Å². The van der Waals surface area contributed by atoms with Crippen LogP contribution in [0, 0.1) is 5.82 Å². The lowest BCUT2D eigenvalue weighted by molar-refractivity contribution is -0.120. The van der Waals surface area contributed by atoms with Gasteiger partial charge < -0.3 is 4.90 Å². The topological polar surface area (TPSA) is 20.3 Å². The zero-order chi connectivity index (χ0) is 12.4. The Morgan fingerprint density at radius 3 is 2.65 bits per heavy atom. The second-order valence-corrected chi connectivity index (χ2v) is 4.91. The molecule has 0 bridgehead atoms. The highest BCUT2D eigenvalue weighted by Gasteiger charge is 2.23. The van der Waals surface area contributed by atoms with Crippen LogP contribution in [-0.2, 0) is 4.79 Å². The molecule has 4 heteroatoms. The summed E-state index contributed by atoms with van der Waals surface area (Å²) in [6.07, 6.45) is 2.77. The molecule has 0 aliphatic heterocycles. The minimum absolute atomic E-state index is 0.223. The summed E-state index contributed by atoms with van der Waals surface area (Å²) >= 11 is 5.88. The number of anilines is 1. The molecule has 1 saturated carbocycles. The Morgan fingerprint density at radius 2 is 2.00 bits per heavy atom. The van der Waals surface area contributed by atoms with Gasteiger partial charge in [-0.15, -0.1) is 0 Å². The predicted molar refractivity (Wildman–Crippen MR) is 67.1 cm³/mol.